The molecule has 18 heavy (non-hydrogen) atoms. The number of nitro benzene ring substituents is 1. The first-order valence-corrected chi connectivity index (χ1v) is 5.44. The first kappa shape index (κ1) is 12.1. The molecule has 0 bridgehead atoms. The normalized spacial score (nSPS) is 11.1. The second-order valence-electron chi connectivity index (χ2n) is 4.31. The summed E-state index contributed by atoms with van der Waals surface area (Å²) in [6, 6.07) is 4.24. The van der Waals surface area contributed by atoms with E-state index in [2.05, 4.69) is 0 Å². The van der Waals surface area contributed by atoms with Gasteiger partial charge in [0.15, 0.2) is 0 Å². The van der Waals surface area contributed by atoms with Crippen LogP contribution < -0.4 is 0 Å². The molecule has 0 aliphatic carbocycles. The fourth-order valence-electron chi connectivity index (χ4n) is 1.95. The monoisotopic (exact) mass is 248 g/mol. The van der Waals surface area contributed by atoms with Crippen LogP contribution in [0.15, 0.2) is 24.4 Å². The lowest BCUT2D eigenvalue weighted by Crippen LogP contribution is -1.99. The Morgan fingerprint density at radius 1 is 1.44 bits per heavy atom. The summed E-state index contributed by atoms with van der Waals surface area (Å²) in [6.07, 6.45) is 1.52. The minimum atomic E-state index is -1.03. The average molecular weight is 248 g/mol. The molecule has 0 aliphatic rings. The van der Waals surface area contributed by atoms with Crippen molar-refractivity contribution in [2.45, 2.75) is 19.9 Å². The van der Waals surface area contributed by atoms with Gasteiger partial charge in [-0.1, -0.05) is 0 Å². The van der Waals surface area contributed by atoms with Crippen molar-refractivity contribution >= 4 is 22.6 Å². The molecule has 1 heterocycles. The van der Waals surface area contributed by atoms with E-state index in [0.717, 1.165) is 0 Å². The Morgan fingerprint density at radius 2 is 2.11 bits per heavy atom. The molecule has 1 aromatic heterocycles. The molecule has 0 spiro atoms. The third kappa shape index (κ3) is 1.81. The minimum absolute atomic E-state index is 0.0302. The molecule has 0 atom stereocenters. The maximum absolute atomic E-state index is 11.1. The highest BCUT2D eigenvalue weighted by Crippen LogP contribution is 2.28. The van der Waals surface area contributed by atoms with Crippen molar-refractivity contribution < 1.29 is 14.8 Å². The van der Waals surface area contributed by atoms with Crippen molar-refractivity contribution in [3.05, 3.63) is 40.1 Å². The highest BCUT2D eigenvalue weighted by Gasteiger charge is 2.18. The summed E-state index contributed by atoms with van der Waals surface area (Å²) in [4.78, 5) is 21.4. The number of nitrogens with zero attached hydrogens (tertiary/aromatic N) is 2. The van der Waals surface area contributed by atoms with E-state index in [1.165, 1.54) is 24.4 Å². The predicted octanol–water partition coefficient (Wildman–Crippen LogP) is 2.83. The first-order valence-electron chi connectivity index (χ1n) is 5.44. The van der Waals surface area contributed by atoms with Gasteiger partial charge in [0.1, 0.15) is 0 Å². The van der Waals surface area contributed by atoms with Gasteiger partial charge in [-0.2, -0.15) is 0 Å². The maximum Gasteiger partial charge on any atom is 0.337 e. The topological polar surface area (TPSA) is 85.4 Å². The molecule has 0 saturated heterocycles. The van der Waals surface area contributed by atoms with E-state index in [-0.39, 0.29) is 17.3 Å². The molecular weight excluding hydrogens is 236 g/mol. The lowest BCUT2D eigenvalue weighted by Gasteiger charge is -2.08. The second-order valence-corrected chi connectivity index (χ2v) is 4.31. The number of fused-ring (bicyclic) bond motifs is 1. The minimum Gasteiger partial charge on any atom is -0.478 e. The lowest BCUT2D eigenvalue weighted by molar-refractivity contribution is -0.384. The highest BCUT2D eigenvalue weighted by molar-refractivity contribution is 6.04. The lowest BCUT2D eigenvalue weighted by atomic mass is 10.1. The summed E-state index contributed by atoms with van der Waals surface area (Å²) in [6.45, 7) is 3.79. The Bertz CT molecular complexity index is 643. The Kier molecular flexibility index (Phi) is 2.78. The second kappa shape index (κ2) is 4.14. The summed E-state index contributed by atoms with van der Waals surface area (Å²) < 4.78 is 1.73. The third-order valence-electron chi connectivity index (χ3n) is 2.82. The van der Waals surface area contributed by atoms with Crippen molar-refractivity contribution in [2.24, 2.45) is 0 Å². The van der Waals surface area contributed by atoms with Crippen LogP contribution in [0.5, 0.6) is 0 Å². The van der Waals surface area contributed by atoms with Gasteiger partial charge < -0.3 is 9.67 Å². The summed E-state index contributed by atoms with van der Waals surface area (Å²) in [5, 5.41) is 20.4. The number of hydrogen-bond acceptors (Lipinski definition) is 3. The van der Waals surface area contributed by atoms with E-state index in [1.54, 1.807) is 4.57 Å². The fraction of sp³-hybridized carbons (Fsp3) is 0.250. The zero-order valence-electron chi connectivity index (χ0n) is 9.95. The van der Waals surface area contributed by atoms with E-state index in [4.69, 9.17) is 5.11 Å². The zero-order chi connectivity index (χ0) is 13.4. The molecule has 1 aromatic carbocycles. The van der Waals surface area contributed by atoms with Crippen LogP contribution in [0.2, 0.25) is 0 Å². The number of benzene rings is 1. The number of aromatic carboxylic acids is 1. The van der Waals surface area contributed by atoms with E-state index >= 15 is 0 Å². The van der Waals surface area contributed by atoms with Gasteiger partial charge in [0.05, 0.1) is 16.0 Å². The molecule has 0 aliphatic heterocycles. The quantitative estimate of drug-likeness (QED) is 0.668. The van der Waals surface area contributed by atoms with Crippen molar-refractivity contribution in [1.29, 1.82) is 0 Å². The number of carbonyl (C=O) groups is 1. The van der Waals surface area contributed by atoms with E-state index in [1.807, 2.05) is 13.8 Å². The number of non-ortho nitro benzene ring substituents is 1. The SMILES string of the molecule is CC(C)n1cc(C(=O)O)c2ccc([N+](=O)[O-])cc21. The van der Waals surface area contributed by atoms with Crippen LogP contribution in [0.25, 0.3) is 10.9 Å². The van der Waals surface area contributed by atoms with Gasteiger partial charge in [-0.05, 0) is 19.9 Å². The number of rotatable bonds is 3. The number of aromatic nitrogens is 1. The third-order valence-corrected chi connectivity index (χ3v) is 2.82. The largest absolute Gasteiger partial charge is 0.478 e. The zero-order valence-corrected chi connectivity index (χ0v) is 9.95. The summed E-state index contributed by atoms with van der Waals surface area (Å²) in [5.41, 5.74) is 0.685. The van der Waals surface area contributed by atoms with Crippen LogP contribution in [0.4, 0.5) is 5.69 Å². The van der Waals surface area contributed by atoms with Crippen LogP contribution in [0, 0.1) is 10.1 Å². The van der Waals surface area contributed by atoms with Crippen molar-refractivity contribution in [3.63, 3.8) is 0 Å². The summed E-state index contributed by atoms with van der Waals surface area (Å²) in [5.74, 6) is -1.03. The average Bonchev–Trinajstić information content (AvgIpc) is 2.67. The van der Waals surface area contributed by atoms with Gasteiger partial charge in [-0.15, -0.1) is 0 Å². The van der Waals surface area contributed by atoms with Crippen LogP contribution >= 0.6 is 0 Å². The van der Waals surface area contributed by atoms with Gasteiger partial charge in [0.2, 0.25) is 0 Å². The Balaban J connectivity index is 2.79. The van der Waals surface area contributed by atoms with Crippen LogP contribution in [-0.4, -0.2) is 20.6 Å². The van der Waals surface area contributed by atoms with E-state index < -0.39 is 10.9 Å². The van der Waals surface area contributed by atoms with Crippen molar-refractivity contribution in [1.82, 2.24) is 4.57 Å². The van der Waals surface area contributed by atoms with Gasteiger partial charge in [-0.3, -0.25) is 10.1 Å². The van der Waals surface area contributed by atoms with Crippen molar-refractivity contribution in [3.8, 4) is 0 Å². The highest BCUT2D eigenvalue weighted by atomic mass is 16.6. The van der Waals surface area contributed by atoms with E-state index in [0.29, 0.717) is 10.9 Å². The Labute approximate surface area is 103 Å². The molecule has 0 unspecified atom stereocenters. The number of carboxylic acids is 1. The number of carboxylic acid groups (broad SMARTS) is 1. The first-order chi connectivity index (χ1) is 8.41. The fourth-order valence-corrected chi connectivity index (χ4v) is 1.95. The molecule has 0 radical (unpaired) electrons. The smallest absolute Gasteiger partial charge is 0.337 e. The van der Waals surface area contributed by atoms with Crippen LogP contribution in [-0.2, 0) is 0 Å². The molecule has 6 nitrogen and oxygen atoms in total. The standard InChI is InChI=1S/C12H12N2O4/c1-7(2)13-6-10(12(15)16)9-4-3-8(14(17)18)5-11(9)13/h3-7H,1-2H3,(H,15,16). The number of nitro groups is 1. The van der Waals surface area contributed by atoms with Crippen LogP contribution in [0.1, 0.15) is 30.2 Å². The number of hydrogen-bond donors (Lipinski definition) is 1. The van der Waals surface area contributed by atoms with Gasteiger partial charge in [0.25, 0.3) is 5.69 Å². The van der Waals surface area contributed by atoms with Crippen molar-refractivity contribution in [2.75, 3.05) is 0 Å². The summed E-state index contributed by atoms with van der Waals surface area (Å²) >= 11 is 0. The molecule has 2 aromatic rings. The van der Waals surface area contributed by atoms with Crippen LogP contribution in [0.3, 0.4) is 0 Å². The summed E-state index contributed by atoms with van der Waals surface area (Å²) in [7, 11) is 0. The molecule has 0 amide bonds. The molecular formula is C12H12N2O4. The van der Waals surface area contributed by atoms with Gasteiger partial charge in [0, 0.05) is 29.8 Å². The molecule has 0 saturated carbocycles. The maximum atomic E-state index is 11.1. The molecule has 0 fully saturated rings. The Hall–Kier alpha value is -2.37. The molecule has 94 valence electrons. The van der Waals surface area contributed by atoms with Gasteiger partial charge in [-0.25, -0.2) is 4.79 Å². The molecule has 6 heteroatoms. The van der Waals surface area contributed by atoms with E-state index in [9.17, 15) is 14.9 Å². The molecule has 2 rings (SSSR count). The Morgan fingerprint density at radius 3 is 2.61 bits per heavy atom. The van der Waals surface area contributed by atoms with Gasteiger partial charge >= 0.3 is 5.97 Å². The predicted molar refractivity (Wildman–Crippen MR) is 65.9 cm³/mol. The molecule has 1 N–H and O–H groups in total.